The van der Waals surface area contributed by atoms with Gasteiger partial charge >= 0.3 is 0 Å². The largest absolute Gasteiger partial charge is 0.377 e. The van der Waals surface area contributed by atoms with Crippen LogP contribution in [0.5, 0.6) is 0 Å². The van der Waals surface area contributed by atoms with Crippen LogP contribution in [-0.2, 0) is 14.3 Å². The Hall–Kier alpha value is -0.610. The van der Waals surface area contributed by atoms with E-state index in [0.29, 0.717) is 12.5 Å². The van der Waals surface area contributed by atoms with Crippen molar-refractivity contribution in [1.29, 1.82) is 0 Å². The molecule has 116 valence electrons. The minimum absolute atomic E-state index is 0.0560. The van der Waals surface area contributed by atoms with Gasteiger partial charge in [0.1, 0.15) is 6.10 Å². The summed E-state index contributed by atoms with van der Waals surface area (Å²) in [6, 6.07) is 0. The topological polar surface area (TPSA) is 47.6 Å². The molecule has 2 aliphatic heterocycles. The molecule has 1 amide bonds. The predicted octanol–water partition coefficient (Wildman–Crippen LogP) is 2.51. The van der Waals surface area contributed by atoms with Gasteiger partial charge in [-0.05, 0) is 31.1 Å². The molecular weight excluding hydrogens is 254 g/mol. The molecule has 0 unspecified atom stereocenters. The van der Waals surface area contributed by atoms with Crippen LogP contribution in [0.2, 0.25) is 0 Å². The van der Waals surface area contributed by atoms with Gasteiger partial charge in [0.05, 0.1) is 12.2 Å². The molecule has 4 heteroatoms. The lowest BCUT2D eigenvalue weighted by atomic mass is 9.81. The first-order chi connectivity index (χ1) is 9.41. The molecule has 0 saturated carbocycles. The third-order valence-electron chi connectivity index (χ3n) is 4.46. The predicted molar refractivity (Wildman–Crippen MR) is 78.5 cm³/mol. The van der Waals surface area contributed by atoms with E-state index >= 15 is 0 Å². The Morgan fingerprint density at radius 1 is 1.25 bits per heavy atom. The summed E-state index contributed by atoms with van der Waals surface area (Å²) in [7, 11) is 0. The molecule has 4 nitrogen and oxygen atoms in total. The number of nitrogens with one attached hydrogen (secondary N) is 1. The van der Waals surface area contributed by atoms with Gasteiger partial charge in [-0.1, -0.05) is 27.7 Å². The highest BCUT2D eigenvalue weighted by Crippen LogP contribution is 2.34. The summed E-state index contributed by atoms with van der Waals surface area (Å²) in [5, 5.41) is 3.07. The first-order valence-corrected chi connectivity index (χ1v) is 7.96. The highest BCUT2D eigenvalue weighted by Gasteiger charge is 2.38. The minimum Gasteiger partial charge on any atom is -0.377 e. The van der Waals surface area contributed by atoms with Gasteiger partial charge in [0.15, 0.2) is 0 Å². The quantitative estimate of drug-likeness (QED) is 0.862. The van der Waals surface area contributed by atoms with E-state index in [0.717, 1.165) is 32.3 Å². The number of carbonyl (C=O) groups is 1. The van der Waals surface area contributed by atoms with Crippen molar-refractivity contribution in [3.63, 3.8) is 0 Å². The van der Waals surface area contributed by atoms with Gasteiger partial charge in [0.2, 0.25) is 5.91 Å². The Morgan fingerprint density at radius 3 is 2.60 bits per heavy atom. The average molecular weight is 283 g/mol. The fourth-order valence-electron chi connectivity index (χ4n) is 3.34. The zero-order valence-electron chi connectivity index (χ0n) is 13.3. The van der Waals surface area contributed by atoms with Crippen molar-refractivity contribution in [2.24, 2.45) is 11.3 Å². The van der Waals surface area contributed by atoms with Crippen LogP contribution in [0.3, 0.4) is 0 Å². The maximum atomic E-state index is 12.1. The third-order valence-corrected chi connectivity index (χ3v) is 4.46. The molecule has 0 bridgehead atoms. The molecule has 1 N–H and O–H groups in total. The molecule has 2 aliphatic rings. The molecule has 0 aromatic rings. The van der Waals surface area contributed by atoms with Crippen LogP contribution in [0.1, 0.15) is 53.4 Å². The average Bonchev–Trinajstić information content (AvgIpc) is 3.03. The molecule has 20 heavy (non-hydrogen) atoms. The van der Waals surface area contributed by atoms with Gasteiger partial charge in [0, 0.05) is 19.1 Å². The number of ether oxygens (including phenoxy) is 2. The Labute approximate surface area is 122 Å². The summed E-state index contributed by atoms with van der Waals surface area (Å²) in [5.41, 5.74) is 0.128. The standard InChI is InChI=1S/C16H29NO3/c1-5-12-6-7-13(20-12)15(18)17-10-11-8-9-19-14(11)16(2,3)4/h11-14H,5-10H2,1-4H3,(H,17,18)/t11-,12-,13+,14+/m1/s1. The van der Waals surface area contributed by atoms with Crippen molar-refractivity contribution in [3.8, 4) is 0 Å². The first-order valence-electron chi connectivity index (χ1n) is 7.96. The molecule has 0 aromatic carbocycles. The third kappa shape index (κ3) is 3.73. The molecule has 2 heterocycles. The van der Waals surface area contributed by atoms with Gasteiger partial charge < -0.3 is 14.8 Å². The summed E-state index contributed by atoms with van der Waals surface area (Å²) < 4.78 is 11.6. The van der Waals surface area contributed by atoms with E-state index in [4.69, 9.17) is 9.47 Å². The molecule has 0 aliphatic carbocycles. The lowest BCUT2D eigenvalue weighted by Gasteiger charge is -2.31. The van der Waals surface area contributed by atoms with Gasteiger partial charge in [0.25, 0.3) is 0 Å². The van der Waals surface area contributed by atoms with Crippen LogP contribution in [0.25, 0.3) is 0 Å². The Kier molecular flexibility index (Phi) is 5.08. The molecule has 2 rings (SSSR count). The maximum absolute atomic E-state index is 12.1. The van der Waals surface area contributed by atoms with Crippen LogP contribution in [0, 0.1) is 11.3 Å². The molecule has 0 aromatic heterocycles. The number of carbonyl (C=O) groups excluding carboxylic acids is 1. The van der Waals surface area contributed by atoms with Crippen molar-refractivity contribution in [2.75, 3.05) is 13.2 Å². The van der Waals surface area contributed by atoms with Crippen LogP contribution in [0.4, 0.5) is 0 Å². The molecule has 2 saturated heterocycles. The second-order valence-corrected chi connectivity index (χ2v) is 7.18. The van der Waals surface area contributed by atoms with Crippen LogP contribution < -0.4 is 5.32 Å². The summed E-state index contributed by atoms with van der Waals surface area (Å²) in [6.07, 6.45) is 4.14. The van der Waals surface area contributed by atoms with Crippen molar-refractivity contribution in [1.82, 2.24) is 5.32 Å². The van der Waals surface area contributed by atoms with Crippen LogP contribution in [0.15, 0.2) is 0 Å². The van der Waals surface area contributed by atoms with Gasteiger partial charge in [-0.2, -0.15) is 0 Å². The van der Waals surface area contributed by atoms with Crippen molar-refractivity contribution >= 4 is 5.91 Å². The second kappa shape index (κ2) is 6.44. The molecule has 4 atom stereocenters. The molecule has 0 spiro atoms. The Morgan fingerprint density at radius 2 is 2.00 bits per heavy atom. The normalized spacial score (nSPS) is 34.4. The van der Waals surface area contributed by atoms with Gasteiger partial charge in [-0.15, -0.1) is 0 Å². The smallest absolute Gasteiger partial charge is 0.249 e. The van der Waals surface area contributed by atoms with E-state index in [9.17, 15) is 4.79 Å². The maximum Gasteiger partial charge on any atom is 0.249 e. The van der Waals surface area contributed by atoms with E-state index in [1.165, 1.54) is 0 Å². The zero-order valence-corrected chi connectivity index (χ0v) is 13.3. The second-order valence-electron chi connectivity index (χ2n) is 7.18. The van der Waals surface area contributed by atoms with E-state index in [2.05, 4.69) is 33.0 Å². The van der Waals surface area contributed by atoms with E-state index in [1.807, 2.05) is 0 Å². The number of rotatable bonds is 4. The van der Waals surface area contributed by atoms with Crippen LogP contribution >= 0.6 is 0 Å². The summed E-state index contributed by atoms with van der Waals surface area (Å²) in [4.78, 5) is 12.1. The monoisotopic (exact) mass is 283 g/mol. The number of hydrogen-bond acceptors (Lipinski definition) is 3. The van der Waals surface area contributed by atoms with Crippen LogP contribution in [-0.4, -0.2) is 37.4 Å². The SMILES string of the molecule is CC[C@@H]1CC[C@@H](C(=O)NC[C@H]2CCO[C@@H]2C(C)(C)C)O1. The van der Waals surface area contributed by atoms with E-state index in [-0.39, 0.29) is 29.6 Å². The summed E-state index contributed by atoms with van der Waals surface area (Å²) >= 11 is 0. The minimum atomic E-state index is -0.240. The summed E-state index contributed by atoms with van der Waals surface area (Å²) in [6.45, 7) is 10.2. The molecular formula is C16H29NO3. The van der Waals surface area contributed by atoms with Gasteiger partial charge in [-0.3, -0.25) is 4.79 Å². The molecule has 0 radical (unpaired) electrons. The first kappa shape index (κ1) is 15.8. The van der Waals surface area contributed by atoms with E-state index in [1.54, 1.807) is 0 Å². The number of hydrogen-bond donors (Lipinski definition) is 1. The van der Waals surface area contributed by atoms with Crippen molar-refractivity contribution in [2.45, 2.75) is 71.7 Å². The van der Waals surface area contributed by atoms with Gasteiger partial charge in [-0.25, -0.2) is 0 Å². The lowest BCUT2D eigenvalue weighted by Crippen LogP contribution is -2.42. The Balaban J connectivity index is 1.79. The Bertz CT molecular complexity index is 337. The molecule has 2 fully saturated rings. The zero-order chi connectivity index (χ0) is 14.8. The van der Waals surface area contributed by atoms with Crippen molar-refractivity contribution < 1.29 is 14.3 Å². The lowest BCUT2D eigenvalue weighted by molar-refractivity contribution is -0.132. The highest BCUT2D eigenvalue weighted by molar-refractivity contribution is 5.81. The highest BCUT2D eigenvalue weighted by atomic mass is 16.5. The van der Waals surface area contributed by atoms with Crippen molar-refractivity contribution in [3.05, 3.63) is 0 Å². The number of amides is 1. The van der Waals surface area contributed by atoms with E-state index < -0.39 is 0 Å². The fourth-order valence-corrected chi connectivity index (χ4v) is 3.34. The summed E-state index contributed by atoms with van der Waals surface area (Å²) in [5.74, 6) is 0.475. The fraction of sp³-hybridized carbons (Fsp3) is 0.938.